The molecule has 1 N–H and O–H groups in total. The summed E-state index contributed by atoms with van der Waals surface area (Å²) in [6, 6.07) is 0. The summed E-state index contributed by atoms with van der Waals surface area (Å²) >= 11 is 5.42. The van der Waals surface area contributed by atoms with Crippen LogP contribution in [-0.4, -0.2) is 33.5 Å². The van der Waals surface area contributed by atoms with Crippen LogP contribution >= 0.6 is 11.6 Å². The Bertz CT molecular complexity index is 265. The monoisotopic (exact) mass is 218 g/mol. The van der Waals surface area contributed by atoms with Crippen LogP contribution in [0.2, 0.25) is 0 Å². The first-order valence-electron chi connectivity index (χ1n) is 4.65. The molecule has 1 heterocycles. The van der Waals surface area contributed by atoms with Gasteiger partial charge in [0.15, 0.2) is 5.75 Å². The molecular weight excluding hydrogens is 204 g/mol. The van der Waals surface area contributed by atoms with Crippen molar-refractivity contribution in [3.63, 3.8) is 0 Å². The Morgan fingerprint density at radius 2 is 2.50 bits per heavy atom. The highest BCUT2D eigenvalue weighted by molar-refractivity contribution is 6.18. The highest BCUT2D eigenvalue weighted by Gasteiger charge is 2.04. The number of rotatable bonds is 6. The predicted octanol–water partition coefficient (Wildman–Crippen LogP) is 1.27. The zero-order chi connectivity index (χ0) is 10.4. The van der Waals surface area contributed by atoms with Gasteiger partial charge in [-0.15, -0.1) is 11.6 Å². The molecule has 1 atom stereocenters. The summed E-state index contributed by atoms with van der Waals surface area (Å²) in [7, 11) is 0. The van der Waals surface area contributed by atoms with Crippen molar-refractivity contribution < 1.29 is 9.84 Å². The van der Waals surface area contributed by atoms with Gasteiger partial charge in [-0.2, -0.15) is 5.10 Å². The molecule has 4 nitrogen and oxygen atoms in total. The topological polar surface area (TPSA) is 47.3 Å². The molecule has 1 unspecified atom stereocenters. The normalized spacial score (nSPS) is 12.8. The fourth-order valence-electron chi connectivity index (χ4n) is 1.01. The van der Waals surface area contributed by atoms with Crippen LogP contribution in [0.25, 0.3) is 0 Å². The molecule has 0 aliphatic rings. The summed E-state index contributed by atoms with van der Waals surface area (Å²) in [6.07, 6.45) is 3.86. The van der Waals surface area contributed by atoms with E-state index in [2.05, 4.69) is 12.0 Å². The predicted molar refractivity (Wildman–Crippen MR) is 54.7 cm³/mol. The van der Waals surface area contributed by atoms with E-state index in [1.807, 2.05) is 10.9 Å². The average Bonchev–Trinajstić information content (AvgIpc) is 2.63. The van der Waals surface area contributed by atoms with Crippen molar-refractivity contribution in [1.82, 2.24) is 9.78 Å². The minimum atomic E-state index is -0.619. The third-order valence-electron chi connectivity index (χ3n) is 1.68. The largest absolute Gasteiger partial charge is 0.488 e. The van der Waals surface area contributed by atoms with Crippen LogP contribution in [0.1, 0.15) is 13.3 Å². The quantitative estimate of drug-likeness (QED) is 0.732. The third kappa shape index (κ3) is 3.55. The lowest BCUT2D eigenvalue weighted by Crippen LogP contribution is -2.18. The van der Waals surface area contributed by atoms with Crippen molar-refractivity contribution >= 4 is 11.6 Å². The molecule has 1 aromatic heterocycles. The van der Waals surface area contributed by atoms with Crippen molar-refractivity contribution in [3.05, 3.63) is 12.4 Å². The van der Waals surface area contributed by atoms with Crippen LogP contribution in [-0.2, 0) is 6.54 Å². The maximum atomic E-state index is 9.15. The van der Waals surface area contributed by atoms with E-state index in [0.717, 1.165) is 13.0 Å². The number of ether oxygens (including phenoxy) is 1. The van der Waals surface area contributed by atoms with E-state index in [1.165, 1.54) is 0 Å². The third-order valence-corrected chi connectivity index (χ3v) is 2.04. The first-order valence-corrected chi connectivity index (χ1v) is 5.19. The number of nitrogens with zero attached hydrogens (tertiary/aromatic N) is 2. The Kier molecular flexibility index (Phi) is 4.76. The van der Waals surface area contributed by atoms with Gasteiger partial charge in [0.05, 0.1) is 18.3 Å². The van der Waals surface area contributed by atoms with Crippen molar-refractivity contribution in [2.45, 2.75) is 26.0 Å². The second-order valence-electron chi connectivity index (χ2n) is 3.06. The summed E-state index contributed by atoms with van der Waals surface area (Å²) in [4.78, 5) is 0. The lowest BCUT2D eigenvalue weighted by atomic mass is 10.4. The van der Waals surface area contributed by atoms with Gasteiger partial charge in [0.25, 0.3) is 0 Å². The Morgan fingerprint density at radius 1 is 1.71 bits per heavy atom. The average molecular weight is 219 g/mol. The molecule has 5 heteroatoms. The maximum absolute atomic E-state index is 9.15. The molecule has 14 heavy (non-hydrogen) atoms. The highest BCUT2D eigenvalue weighted by Crippen LogP contribution is 2.08. The molecule has 0 spiro atoms. The minimum absolute atomic E-state index is 0.184. The van der Waals surface area contributed by atoms with Crippen LogP contribution in [0.5, 0.6) is 5.75 Å². The second-order valence-corrected chi connectivity index (χ2v) is 3.37. The van der Waals surface area contributed by atoms with Crippen molar-refractivity contribution in [2.24, 2.45) is 0 Å². The smallest absolute Gasteiger partial charge is 0.157 e. The standard InChI is InChI=1S/C9H15ClN2O2/c1-2-3-12-6-9(5-11-12)14-7-8(13)4-10/h5-6,8,13H,2-4,7H2,1H3. The number of aryl methyl sites for hydroxylation is 1. The van der Waals surface area contributed by atoms with E-state index in [4.69, 9.17) is 21.4 Å². The number of hydrogen-bond donors (Lipinski definition) is 1. The molecular formula is C9H15ClN2O2. The van der Waals surface area contributed by atoms with Gasteiger partial charge in [0.2, 0.25) is 0 Å². The van der Waals surface area contributed by atoms with E-state index in [9.17, 15) is 0 Å². The number of hydrogen-bond acceptors (Lipinski definition) is 3. The lowest BCUT2D eigenvalue weighted by molar-refractivity contribution is 0.125. The molecule has 0 aliphatic heterocycles. The molecule has 1 rings (SSSR count). The van der Waals surface area contributed by atoms with Crippen LogP contribution in [0.4, 0.5) is 0 Å². The fraction of sp³-hybridized carbons (Fsp3) is 0.667. The first-order chi connectivity index (χ1) is 6.76. The van der Waals surface area contributed by atoms with E-state index < -0.39 is 6.10 Å². The van der Waals surface area contributed by atoms with Gasteiger partial charge < -0.3 is 9.84 Å². The minimum Gasteiger partial charge on any atom is -0.488 e. The van der Waals surface area contributed by atoms with Crippen LogP contribution in [0.3, 0.4) is 0 Å². The molecule has 0 saturated carbocycles. The zero-order valence-electron chi connectivity index (χ0n) is 8.19. The summed E-state index contributed by atoms with van der Waals surface area (Å²) in [6.45, 7) is 3.17. The summed E-state index contributed by atoms with van der Waals surface area (Å²) < 4.78 is 7.08. The Hall–Kier alpha value is -0.740. The van der Waals surface area contributed by atoms with Gasteiger partial charge in [0, 0.05) is 6.54 Å². The fourth-order valence-corrected chi connectivity index (χ4v) is 1.10. The first kappa shape index (κ1) is 11.3. The number of aromatic nitrogens is 2. The Labute approximate surface area is 88.4 Å². The second kappa shape index (κ2) is 5.88. The van der Waals surface area contributed by atoms with E-state index >= 15 is 0 Å². The van der Waals surface area contributed by atoms with Crippen molar-refractivity contribution in [2.75, 3.05) is 12.5 Å². The van der Waals surface area contributed by atoms with Gasteiger partial charge in [-0.3, -0.25) is 4.68 Å². The Morgan fingerprint density at radius 3 is 3.14 bits per heavy atom. The molecule has 0 radical (unpaired) electrons. The van der Waals surface area contributed by atoms with Gasteiger partial charge in [-0.05, 0) is 6.42 Å². The van der Waals surface area contributed by atoms with Crippen LogP contribution < -0.4 is 4.74 Å². The highest BCUT2D eigenvalue weighted by atomic mass is 35.5. The molecule has 0 saturated heterocycles. The SMILES string of the molecule is CCCn1cc(OCC(O)CCl)cn1. The molecule has 0 fully saturated rings. The molecule has 80 valence electrons. The maximum Gasteiger partial charge on any atom is 0.157 e. The summed E-state index contributed by atoms with van der Waals surface area (Å²) in [5.41, 5.74) is 0. The Balaban J connectivity index is 2.35. The van der Waals surface area contributed by atoms with E-state index in [-0.39, 0.29) is 12.5 Å². The van der Waals surface area contributed by atoms with Gasteiger partial charge >= 0.3 is 0 Å². The molecule has 1 aromatic rings. The summed E-state index contributed by atoms with van der Waals surface area (Å²) in [5, 5.41) is 13.2. The number of alkyl halides is 1. The lowest BCUT2D eigenvalue weighted by Gasteiger charge is -2.06. The molecule has 0 amide bonds. The summed E-state index contributed by atoms with van der Waals surface area (Å²) in [5.74, 6) is 0.853. The molecule has 0 bridgehead atoms. The van der Waals surface area contributed by atoms with E-state index in [0.29, 0.717) is 5.75 Å². The van der Waals surface area contributed by atoms with Gasteiger partial charge in [-0.1, -0.05) is 6.92 Å². The van der Waals surface area contributed by atoms with E-state index in [1.54, 1.807) is 6.20 Å². The molecule has 0 aromatic carbocycles. The van der Waals surface area contributed by atoms with Crippen molar-refractivity contribution in [1.29, 1.82) is 0 Å². The number of aliphatic hydroxyl groups excluding tert-OH is 1. The van der Waals surface area contributed by atoms with Gasteiger partial charge in [-0.25, -0.2) is 0 Å². The van der Waals surface area contributed by atoms with Crippen molar-refractivity contribution in [3.8, 4) is 5.75 Å². The molecule has 0 aliphatic carbocycles. The number of halogens is 1. The zero-order valence-corrected chi connectivity index (χ0v) is 8.94. The van der Waals surface area contributed by atoms with Crippen LogP contribution in [0.15, 0.2) is 12.4 Å². The van der Waals surface area contributed by atoms with Crippen LogP contribution in [0, 0.1) is 0 Å². The van der Waals surface area contributed by atoms with Gasteiger partial charge in [0.1, 0.15) is 12.7 Å². The number of aliphatic hydroxyl groups is 1.